The molecule has 2 aliphatic rings. The zero-order valence-electron chi connectivity index (χ0n) is 16.4. The van der Waals surface area contributed by atoms with Crippen LogP contribution in [0, 0.1) is 0 Å². The lowest BCUT2D eigenvalue weighted by Crippen LogP contribution is -2.57. The maximum atomic E-state index is 13.3. The summed E-state index contributed by atoms with van der Waals surface area (Å²) in [6.45, 7) is 3.12. The van der Waals surface area contributed by atoms with Crippen molar-refractivity contribution in [1.82, 2.24) is 20.0 Å². The first-order valence-corrected chi connectivity index (χ1v) is 10.2. The van der Waals surface area contributed by atoms with Crippen molar-refractivity contribution in [1.29, 1.82) is 0 Å². The molecule has 0 aliphatic carbocycles. The molecule has 5 heteroatoms. The van der Waals surface area contributed by atoms with E-state index >= 15 is 0 Å². The Morgan fingerprint density at radius 2 is 2.07 bits per heavy atom. The highest BCUT2D eigenvalue weighted by atomic mass is 16.2. The van der Waals surface area contributed by atoms with Crippen LogP contribution >= 0.6 is 0 Å². The number of carbonyl (C=O) groups is 1. The maximum absolute atomic E-state index is 13.3. The number of hydrogen-bond acceptors (Lipinski definition) is 3. The van der Waals surface area contributed by atoms with Crippen LogP contribution in [0.25, 0.3) is 0 Å². The monoisotopic (exact) mass is 366 g/mol. The van der Waals surface area contributed by atoms with Crippen LogP contribution in [-0.2, 0) is 13.5 Å². The van der Waals surface area contributed by atoms with Crippen LogP contribution in [0.1, 0.15) is 54.9 Å². The summed E-state index contributed by atoms with van der Waals surface area (Å²) >= 11 is 0. The minimum absolute atomic E-state index is 0.125. The van der Waals surface area contributed by atoms with Gasteiger partial charge in [0, 0.05) is 31.9 Å². The third kappa shape index (κ3) is 3.65. The molecule has 2 saturated heterocycles. The Kier molecular flexibility index (Phi) is 5.04. The number of nitrogens with zero attached hydrogens (tertiary/aromatic N) is 3. The van der Waals surface area contributed by atoms with E-state index in [1.807, 2.05) is 13.2 Å². The molecule has 3 atom stereocenters. The molecule has 1 amide bonds. The van der Waals surface area contributed by atoms with E-state index in [0.29, 0.717) is 17.6 Å². The summed E-state index contributed by atoms with van der Waals surface area (Å²) in [6.07, 6.45) is 10.2. The molecule has 1 N–H and O–H groups in total. The second-order valence-corrected chi connectivity index (χ2v) is 8.38. The third-order valence-electron chi connectivity index (χ3n) is 6.36. The van der Waals surface area contributed by atoms with E-state index in [4.69, 9.17) is 0 Å². The number of amides is 1. The van der Waals surface area contributed by atoms with Crippen LogP contribution in [-0.4, -0.2) is 44.8 Å². The number of fused-ring (bicyclic) bond motifs is 1. The second-order valence-electron chi connectivity index (χ2n) is 8.38. The van der Waals surface area contributed by atoms with Crippen molar-refractivity contribution < 1.29 is 4.79 Å². The van der Waals surface area contributed by atoms with Crippen molar-refractivity contribution in [2.75, 3.05) is 6.54 Å². The molecular formula is C22H30N4O. The predicted octanol–water partition coefficient (Wildman–Crippen LogP) is 3.17. The molecule has 0 spiro atoms. The average molecular weight is 367 g/mol. The highest BCUT2D eigenvalue weighted by Gasteiger charge is 2.49. The van der Waals surface area contributed by atoms with Gasteiger partial charge in [0.05, 0.1) is 17.3 Å². The van der Waals surface area contributed by atoms with Gasteiger partial charge in [-0.3, -0.25) is 9.48 Å². The lowest BCUT2D eigenvalue weighted by atomic mass is 9.83. The van der Waals surface area contributed by atoms with Crippen LogP contribution in [0.15, 0.2) is 42.7 Å². The molecule has 0 radical (unpaired) electrons. The first-order valence-electron chi connectivity index (χ1n) is 10.2. The van der Waals surface area contributed by atoms with Gasteiger partial charge in [0.1, 0.15) is 0 Å². The van der Waals surface area contributed by atoms with Gasteiger partial charge in [0.2, 0.25) is 0 Å². The van der Waals surface area contributed by atoms with Crippen molar-refractivity contribution in [3.05, 3.63) is 53.9 Å². The first kappa shape index (κ1) is 18.2. The fourth-order valence-corrected chi connectivity index (χ4v) is 4.96. The smallest absolute Gasteiger partial charge is 0.257 e. The van der Waals surface area contributed by atoms with Gasteiger partial charge >= 0.3 is 0 Å². The normalized spacial score (nSPS) is 28.4. The minimum Gasteiger partial charge on any atom is -0.332 e. The Bertz CT molecular complexity index is 787. The maximum Gasteiger partial charge on any atom is 0.257 e. The van der Waals surface area contributed by atoms with Crippen LogP contribution in [0.2, 0.25) is 0 Å². The molecule has 0 saturated carbocycles. The standard InChI is InChI=1S/C22H30N4O/c1-22-14-19(13-17-9-5-3-6-10-17)24-20(22)11-7-4-8-12-26(22)21(27)18-15-23-25(2)16-18/h3,5-6,9-10,15-16,19-20,24H,4,7-8,11-14H2,1-2H3/t19-,20+,22+/m1/s1. The van der Waals surface area contributed by atoms with Gasteiger partial charge < -0.3 is 10.2 Å². The van der Waals surface area contributed by atoms with Crippen LogP contribution in [0.3, 0.4) is 0 Å². The molecule has 0 unspecified atom stereocenters. The van der Waals surface area contributed by atoms with Crippen LogP contribution in [0.4, 0.5) is 0 Å². The van der Waals surface area contributed by atoms with Crippen LogP contribution in [0.5, 0.6) is 0 Å². The summed E-state index contributed by atoms with van der Waals surface area (Å²) < 4.78 is 1.71. The van der Waals surface area contributed by atoms with Gasteiger partial charge in [0.25, 0.3) is 5.91 Å². The van der Waals surface area contributed by atoms with Crippen molar-refractivity contribution in [2.45, 2.75) is 63.1 Å². The van der Waals surface area contributed by atoms with E-state index in [1.165, 1.54) is 18.4 Å². The van der Waals surface area contributed by atoms with Crippen molar-refractivity contribution in [3.8, 4) is 0 Å². The molecule has 3 heterocycles. The number of nitrogens with one attached hydrogen (secondary N) is 1. The number of aromatic nitrogens is 2. The molecular weight excluding hydrogens is 336 g/mol. The SMILES string of the molecule is Cn1cc(C(=O)N2CCCCC[C@@H]3N[C@H](Cc4ccccc4)C[C@@]32C)cn1. The molecule has 1 aromatic heterocycles. The van der Waals surface area contributed by atoms with E-state index in [2.05, 4.69) is 52.6 Å². The Balaban J connectivity index is 1.58. The van der Waals surface area contributed by atoms with Gasteiger partial charge in [-0.15, -0.1) is 0 Å². The summed E-state index contributed by atoms with van der Waals surface area (Å²) in [4.78, 5) is 15.5. The van der Waals surface area contributed by atoms with E-state index in [9.17, 15) is 4.79 Å². The Morgan fingerprint density at radius 3 is 2.81 bits per heavy atom. The highest BCUT2D eigenvalue weighted by molar-refractivity contribution is 5.94. The minimum atomic E-state index is -0.146. The number of aryl methyl sites for hydroxylation is 1. The van der Waals surface area contributed by atoms with Crippen molar-refractivity contribution in [2.24, 2.45) is 7.05 Å². The van der Waals surface area contributed by atoms with Crippen LogP contribution < -0.4 is 5.32 Å². The lowest BCUT2D eigenvalue weighted by molar-refractivity contribution is 0.0426. The van der Waals surface area contributed by atoms with Crippen molar-refractivity contribution in [3.63, 3.8) is 0 Å². The molecule has 2 aromatic rings. The van der Waals surface area contributed by atoms with E-state index in [0.717, 1.165) is 32.2 Å². The summed E-state index contributed by atoms with van der Waals surface area (Å²) in [7, 11) is 1.86. The summed E-state index contributed by atoms with van der Waals surface area (Å²) in [6, 6.07) is 11.4. The molecule has 144 valence electrons. The molecule has 5 nitrogen and oxygen atoms in total. The summed E-state index contributed by atoms with van der Waals surface area (Å²) in [5.74, 6) is 0.125. The predicted molar refractivity (Wildman–Crippen MR) is 107 cm³/mol. The van der Waals surface area contributed by atoms with E-state index in [1.54, 1.807) is 10.9 Å². The zero-order valence-corrected chi connectivity index (χ0v) is 16.4. The third-order valence-corrected chi connectivity index (χ3v) is 6.36. The Morgan fingerprint density at radius 1 is 1.26 bits per heavy atom. The fourth-order valence-electron chi connectivity index (χ4n) is 4.96. The van der Waals surface area contributed by atoms with Crippen molar-refractivity contribution >= 4 is 5.91 Å². The van der Waals surface area contributed by atoms with E-state index in [-0.39, 0.29) is 11.4 Å². The first-order chi connectivity index (χ1) is 13.1. The second kappa shape index (κ2) is 7.47. The Labute approximate surface area is 161 Å². The largest absolute Gasteiger partial charge is 0.332 e. The number of hydrogen-bond donors (Lipinski definition) is 1. The topological polar surface area (TPSA) is 50.2 Å². The fraction of sp³-hybridized carbons (Fsp3) is 0.545. The number of carbonyl (C=O) groups excluding carboxylic acids is 1. The Hall–Kier alpha value is -2.14. The molecule has 2 fully saturated rings. The van der Waals surface area contributed by atoms with E-state index < -0.39 is 0 Å². The van der Waals surface area contributed by atoms with Gasteiger partial charge in [0.15, 0.2) is 0 Å². The lowest BCUT2D eigenvalue weighted by Gasteiger charge is -2.44. The highest BCUT2D eigenvalue weighted by Crippen LogP contribution is 2.37. The number of benzene rings is 1. The molecule has 4 rings (SSSR count). The van der Waals surface area contributed by atoms with Gasteiger partial charge in [-0.05, 0) is 38.2 Å². The molecule has 2 aliphatic heterocycles. The van der Waals surface area contributed by atoms with Gasteiger partial charge in [-0.25, -0.2) is 0 Å². The van der Waals surface area contributed by atoms with Gasteiger partial charge in [-0.2, -0.15) is 5.10 Å². The van der Waals surface area contributed by atoms with Gasteiger partial charge in [-0.1, -0.05) is 43.2 Å². The molecule has 0 bridgehead atoms. The average Bonchev–Trinajstić information content (AvgIpc) is 3.20. The zero-order chi connectivity index (χ0) is 18.9. The molecule has 27 heavy (non-hydrogen) atoms. The molecule has 1 aromatic carbocycles. The summed E-state index contributed by atoms with van der Waals surface area (Å²) in [5, 5.41) is 8.08. The number of likely N-dealkylation sites (tertiary alicyclic amines) is 1. The summed E-state index contributed by atoms with van der Waals surface area (Å²) in [5.41, 5.74) is 1.91. The quantitative estimate of drug-likeness (QED) is 0.908. The number of rotatable bonds is 3.